The lowest BCUT2D eigenvalue weighted by atomic mass is 9.95. The van der Waals surface area contributed by atoms with Crippen molar-refractivity contribution in [3.8, 4) is 0 Å². The Hall–Kier alpha value is -1.55. The van der Waals surface area contributed by atoms with Crippen molar-refractivity contribution in [1.29, 1.82) is 0 Å². The van der Waals surface area contributed by atoms with E-state index in [1.54, 1.807) is 13.0 Å². The minimum Gasteiger partial charge on any atom is -0.481 e. The van der Waals surface area contributed by atoms with E-state index >= 15 is 0 Å². The summed E-state index contributed by atoms with van der Waals surface area (Å²) in [5.74, 6) is -2.43. The molecule has 1 aromatic carbocycles. The molecule has 0 spiro atoms. The molecule has 0 saturated carbocycles. The van der Waals surface area contributed by atoms with Crippen molar-refractivity contribution in [2.75, 3.05) is 6.54 Å². The Kier molecular flexibility index (Phi) is 5.83. The number of hydrogen-bond donors (Lipinski definition) is 2. The van der Waals surface area contributed by atoms with Gasteiger partial charge in [0.05, 0.1) is 5.92 Å². The maximum Gasteiger partial charge on any atom is 0.307 e. The smallest absolute Gasteiger partial charge is 0.307 e. The van der Waals surface area contributed by atoms with Crippen LogP contribution in [0, 0.1) is 11.8 Å². The molecule has 0 bridgehead atoms. The number of rotatable bonds is 6. The van der Waals surface area contributed by atoms with Crippen LogP contribution >= 0.6 is 11.6 Å². The van der Waals surface area contributed by atoms with Crippen LogP contribution in [0.5, 0.6) is 0 Å². The van der Waals surface area contributed by atoms with Gasteiger partial charge >= 0.3 is 5.97 Å². The Bertz CT molecular complexity index is 462. The Balaban J connectivity index is 2.41. The van der Waals surface area contributed by atoms with E-state index in [0.29, 0.717) is 18.0 Å². The summed E-state index contributed by atoms with van der Waals surface area (Å²) in [6.45, 7) is 3.62. The summed E-state index contributed by atoms with van der Waals surface area (Å²) < 4.78 is 0. The molecule has 19 heavy (non-hydrogen) atoms. The van der Waals surface area contributed by atoms with Gasteiger partial charge in [-0.2, -0.15) is 0 Å². The average molecular weight is 284 g/mol. The zero-order valence-electron chi connectivity index (χ0n) is 11.0. The molecule has 5 heteroatoms. The predicted molar refractivity (Wildman–Crippen MR) is 74.1 cm³/mol. The van der Waals surface area contributed by atoms with Crippen LogP contribution in [0.2, 0.25) is 5.02 Å². The summed E-state index contributed by atoms with van der Waals surface area (Å²) in [6, 6.07) is 7.42. The first kappa shape index (κ1) is 15.5. The molecule has 0 radical (unpaired) electrons. The summed E-state index contributed by atoms with van der Waals surface area (Å²) >= 11 is 5.86. The lowest BCUT2D eigenvalue weighted by molar-refractivity contribution is -0.146. The first-order chi connectivity index (χ1) is 8.91. The van der Waals surface area contributed by atoms with Gasteiger partial charge in [0.15, 0.2) is 0 Å². The molecule has 0 aliphatic carbocycles. The molecule has 1 rings (SSSR count). The van der Waals surface area contributed by atoms with Gasteiger partial charge in [-0.3, -0.25) is 9.59 Å². The normalized spacial score (nSPS) is 13.6. The molecule has 4 nitrogen and oxygen atoms in total. The van der Waals surface area contributed by atoms with Crippen LogP contribution < -0.4 is 5.32 Å². The topological polar surface area (TPSA) is 66.4 Å². The number of carboxylic acids is 1. The molecule has 0 aliphatic rings. The van der Waals surface area contributed by atoms with E-state index in [-0.39, 0.29) is 5.91 Å². The van der Waals surface area contributed by atoms with Crippen LogP contribution in [0.15, 0.2) is 24.3 Å². The Morgan fingerprint density at radius 1 is 1.32 bits per heavy atom. The Morgan fingerprint density at radius 3 is 2.58 bits per heavy atom. The second-order valence-electron chi connectivity index (χ2n) is 4.59. The molecule has 0 heterocycles. The molecule has 1 aromatic rings. The van der Waals surface area contributed by atoms with Gasteiger partial charge in [-0.15, -0.1) is 0 Å². The maximum absolute atomic E-state index is 11.7. The summed E-state index contributed by atoms with van der Waals surface area (Å²) in [4.78, 5) is 22.5. The first-order valence-corrected chi connectivity index (χ1v) is 6.54. The number of benzene rings is 1. The number of carbonyl (C=O) groups is 2. The highest BCUT2D eigenvalue weighted by molar-refractivity contribution is 6.30. The molecule has 104 valence electrons. The van der Waals surface area contributed by atoms with Crippen molar-refractivity contribution >= 4 is 23.5 Å². The van der Waals surface area contributed by atoms with Gasteiger partial charge < -0.3 is 10.4 Å². The molecule has 0 saturated heterocycles. The zero-order chi connectivity index (χ0) is 14.4. The van der Waals surface area contributed by atoms with Crippen molar-refractivity contribution in [3.63, 3.8) is 0 Å². The van der Waals surface area contributed by atoms with Gasteiger partial charge in [0.25, 0.3) is 0 Å². The fraction of sp³-hybridized carbons (Fsp3) is 0.429. The molecular weight excluding hydrogens is 266 g/mol. The largest absolute Gasteiger partial charge is 0.481 e. The number of amides is 1. The third-order valence-corrected chi connectivity index (χ3v) is 3.39. The molecule has 0 aliphatic heterocycles. The SMILES string of the molecule is CC(C(=O)O)C(C)C(=O)NCCc1cccc(Cl)c1. The van der Waals surface area contributed by atoms with E-state index in [2.05, 4.69) is 5.32 Å². The molecule has 2 atom stereocenters. The zero-order valence-corrected chi connectivity index (χ0v) is 11.8. The summed E-state index contributed by atoms with van der Waals surface area (Å²) in [5, 5.41) is 12.2. The number of nitrogens with one attached hydrogen (secondary N) is 1. The standard InChI is InChI=1S/C14H18ClNO3/c1-9(10(2)14(18)19)13(17)16-7-6-11-4-3-5-12(15)8-11/h3-5,8-10H,6-7H2,1-2H3,(H,16,17)(H,18,19). The van der Waals surface area contributed by atoms with Crippen LogP contribution in [0.4, 0.5) is 0 Å². The summed E-state index contributed by atoms with van der Waals surface area (Å²) in [5.41, 5.74) is 1.03. The molecule has 1 amide bonds. The summed E-state index contributed by atoms with van der Waals surface area (Å²) in [6.07, 6.45) is 0.667. The van der Waals surface area contributed by atoms with E-state index in [9.17, 15) is 9.59 Å². The van der Waals surface area contributed by atoms with Crippen molar-refractivity contribution < 1.29 is 14.7 Å². The second kappa shape index (κ2) is 7.14. The predicted octanol–water partition coefficient (Wildman–Crippen LogP) is 2.36. The van der Waals surface area contributed by atoms with Gasteiger partial charge in [0, 0.05) is 17.5 Å². The lowest BCUT2D eigenvalue weighted by Crippen LogP contribution is -2.36. The van der Waals surface area contributed by atoms with Crippen LogP contribution in [-0.2, 0) is 16.0 Å². The van der Waals surface area contributed by atoms with E-state index in [1.807, 2.05) is 18.2 Å². The number of aliphatic carboxylic acids is 1. The Labute approximate surface area is 117 Å². The molecule has 2 unspecified atom stereocenters. The number of carboxylic acid groups (broad SMARTS) is 1. The quantitative estimate of drug-likeness (QED) is 0.842. The fourth-order valence-electron chi connectivity index (χ4n) is 1.62. The van der Waals surface area contributed by atoms with E-state index < -0.39 is 17.8 Å². The highest BCUT2D eigenvalue weighted by atomic mass is 35.5. The van der Waals surface area contributed by atoms with E-state index in [1.165, 1.54) is 6.92 Å². The molecule has 0 fully saturated rings. The van der Waals surface area contributed by atoms with Gasteiger partial charge in [0.2, 0.25) is 5.91 Å². The van der Waals surface area contributed by atoms with E-state index in [4.69, 9.17) is 16.7 Å². The number of hydrogen-bond acceptors (Lipinski definition) is 2. The third kappa shape index (κ3) is 4.91. The van der Waals surface area contributed by atoms with Crippen LogP contribution in [0.25, 0.3) is 0 Å². The van der Waals surface area contributed by atoms with Crippen molar-refractivity contribution in [2.24, 2.45) is 11.8 Å². The van der Waals surface area contributed by atoms with Gasteiger partial charge in [0.1, 0.15) is 0 Å². The molecule has 2 N–H and O–H groups in total. The Morgan fingerprint density at radius 2 is 2.00 bits per heavy atom. The number of halogens is 1. The van der Waals surface area contributed by atoms with Crippen molar-refractivity contribution in [1.82, 2.24) is 5.32 Å². The molecule has 0 aromatic heterocycles. The highest BCUT2D eigenvalue weighted by Crippen LogP contribution is 2.12. The fourth-order valence-corrected chi connectivity index (χ4v) is 1.84. The second-order valence-corrected chi connectivity index (χ2v) is 5.02. The highest BCUT2D eigenvalue weighted by Gasteiger charge is 2.25. The maximum atomic E-state index is 11.7. The summed E-state index contributed by atoms with van der Waals surface area (Å²) in [7, 11) is 0. The third-order valence-electron chi connectivity index (χ3n) is 3.16. The minimum absolute atomic E-state index is 0.239. The van der Waals surface area contributed by atoms with Gasteiger partial charge in [-0.1, -0.05) is 37.6 Å². The van der Waals surface area contributed by atoms with Crippen LogP contribution in [0.1, 0.15) is 19.4 Å². The van der Waals surface area contributed by atoms with Crippen LogP contribution in [0.3, 0.4) is 0 Å². The lowest BCUT2D eigenvalue weighted by Gasteiger charge is -2.15. The monoisotopic (exact) mass is 283 g/mol. The number of carbonyl (C=O) groups excluding carboxylic acids is 1. The van der Waals surface area contributed by atoms with Gasteiger partial charge in [-0.25, -0.2) is 0 Å². The van der Waals surface area contributed by atoms with E-state index in [0.717, 1.165) is 5.56 Å². The first-order valence-electron chi connectivity index (χ1n) is 6.16. The average Bonchev–Trinajstić information content (AvgIpc) is 2.36. The molecular formula is C14H18ClNO3. The van der Waals surface area contributed by atoms with Crippen LogP contribution in [-0.4, -0.2) is 23.5 Å². The minimum atomic E-state index is -0.961. The van der Waals surface area contributed by atoms with Crippen molar-refractivity contribution in [3.05, 3.63) is 34.9 Å². The van der Waals surface area contributed by atoms with Crippen molar-refractivity contribution in [2.45, 2.75) is 20.3 Å². The van der Waals surface area contributed by atoms with Gasteiger partial charge in [-0.05, 0) is 24.1 Å².